The lowest BCUT2D eigenvalue weighted by atomic mass is 10.0. The van der Waals surface area contributed by atoms with E-state index in [2.05, 4.69) is 18.6 Å². The molecule has 0 aromatic carbocycles. The van der Waals surface area contributed by atoms with Gasteiger partial charge in [0.15, 0.2) is 0 Å². The third kappa shape index (κ3) is 3.39. The van der Waals surface area contributed by atoms with Crippen molar-refractivity contribution in [2.45, 2.75) is 36.9 Å². The smallest absolute Gasteiger partial charge is 0.250 e. The molecule has 2 heterocycles. The molecule has 112 valence electrons. The van der Waals surface area contributed by atoms with Gasteiger partial charge in [0.1, 0.15) is 4.21 Å². The van der Waals surface area contributed by atoms with Crippen molar-refractivity contribution in [3.63, 3.8) is 0 Å². The number of nitrogens with one attached hydrogen (secondary N) is 1. The Bertz CT molecular complexity index is 552. The summed E-state index contributed by atoms with van der Waals surface area (Å²) in [7, 11) is -3.56. The van der Waals surface area contributed by atoms with E-state index in [1.54, 1.807) is 11.4 Å². The predicted octanol–water partition coefficient (Wildman–Crippen LogP) is 1.67. The van der Waals surface area contributed by atoms with E-state index < -0.39 is 10.0 Å². The molecule has 0 saturated carbocycles. The van der Waals surface area contributed by atoms with E-state index >= 15 is 0 Å². The van der Waals surface area contributed by atoms with Gasteiger partial charge in [0.05, 0.1) is 6.54 Å². The van der Waals surface area contributed by atoms with Crippen LogP contribution >= 0.6 is 11.3 Å². The minimum absolute atomic E-state index is 0.138. The molecular weight excluding hydrogens is 296 g/mol. The third-order valence-corrected chi connectivity index (χ3v) is 6.36. The van der Waals surface area contributed by atoms with Gasteiger partial charge in [-0.3, -0.25) is 4.79 Å². The van der Waals surface area contributed by atoms with Crippen LogP contribution in [-0.2, 0) is 14.8 Å². The van der Waals surface area contributed by atoms with Gasteiger partial charge >= 0.3 is 0 Å². The van der Waals surface area contributed by atoms with Crippen molar-refractivity contribution in [2.24, 2.45) is 5.92 Å². The first-order valence-electron chi connectivity index (χ1n) is 6.74. The summed E-state index contributed by atoms with van der Waals surface area (Å²) in [4.78, 5) is 14.0. The van der Waals surface area contributed by atoms with Gasteiger partial charge in [-0.15, -0.1) is 11.3 Å². The Kier molecular flexibility index (Phi) is 4.82. The largest absolute Gasteiger partial charge is 0.338 e. The first-order valence-corrected chi connectivity index (χ1v) is 9.11. The molecule has 1 aromatic rings. The fraction of sp³-hybridized carbons (Fsp3) is 0.615. The minimum Gasteiger partial charge on any atom is -0.338 e. The average molecular weight is 316 g/mol. The minimum atomic E-state index is -3.56. The van der Waals surface area contributed by atoms with Crippen LogP contribution in [0.1, 0.15) is 26.7 Å². The molecule has 1 fully saturated rings. The highest BCUT2D eigenvalue weighted by Crippen LogP contribution is 2.23. The molecule has 0 bridgehead atoms. The Hall–Kier alpha value is -0.920. The summed E-state index contributed by atoms with van der Waals surface area (Å²) in [6.07, 6.45) is 1.99. The number of amides is 1. The van der Waals surface area contributed by atoms with Gasteiger partial charge in [-0.1, -0.05) is 19.9 Å². The van der Waals surface area contributed by atoms with Crippen LogP contribution in [0.25, 0.3) is 0 Å². The zero-order valence-electron chi connectivity index (χ0n) is 11.7. The normalized spacial score (nSPS) is 19.8. The van der Waals surface area contributed by atoms with Crippen LogP contribution in [0.4, 0.5) is 0 Å². The molecule has 0 radical (unpaired) electrons. The van der Waals surface area contributed by atoms with E-state index in [9.17, 15) is 13.2 Å². The number of rotatable bonds is 5. The highest BCUT2D eigenvalue weighted by Gasteiger charge is 2.31. The molecule has 0 spiro atoms. The zero-order chi connectivity index (χ0) is 14.8. The number of carbonyl (C=O) groups excluding carboxylic acids is 1. The van der Waals surface area contributed by atoms with Gasteiger partial charge in [0.25, 0.3) is 10.0 Å². The number of hydrogen-bond donors (Lipinski definition) is 1. The van der Waals surface area contributed by atoms with E-state index in [1.807, 2.05) is 4.90 Å². The standard InChI is InChI=1S/C13H20N2O3S2/c1-10(2)11-5-3-7-15(11)12(16)9-14-20(17,18)13-6-4-8-19-13/h4,6,8,10-11,14H,3,5,7,9H2,1-2H3/t11-/m1/s1. The molecule has 20 heavy (non-hydrogen) atoms. The molecule has 1 aliphatic heterocycles. The summed E-state index contributed by atoms with van der Waals surface area (Å²) in [5.41, 5.74) is 0. The van der Waals surface area contributed by atoms with E-state index in [-0.39, 0.29) is 22.7 Å². The van der Waals surface area contributed by atoms with Crippen LogP contribution in [0.3, 0.4) is 0 Å². The van der Waals surface area contributed by atoms with Crippen LogP contribution in [0.5, 0.6) is 0 Å². The van der Waals surface area contributed by atoms with Crippen LogP contribution in [-0.4, -0.2) is 38.4 Å². The fourth-order valence-corrected chi connectivity index (χ4v) is 4.55. The van der Waals surface area contributed by atoms with Crippen molar-refractivity contribution in [1.29, 1.82) is 0 Å². The first-order chi connectivity index (χ1) is 9.42. The molecule has 0 unspecified atom stereocenters. The maximum Gasteiger partial charge on any atom is 0.250 e. The highest BCUT2D eigenvalue weighted by atomic mass is 32.2. The van der Waals surface area contributed by atoms with Crippen LogP contribution in [0, 0.1) is 5.92 Å². The topological polar surface area (TPSA) is 66.5 Å². The number of likely N-dealkylation sites (tertiary alicyclic amines) is 1. The van der Waals surface area contributed by atoms with Crippen molar-refractivity contribution in [3.05, 3.63) is 17.5 Å². The van der Waals surface area contributed by atoms with Crippen molar-refractivity contribution < 1.29 is 13.2 Å². The van der Waals surface area contributed by atoms with Gasteiger partial charge in [-0.05, 0) is 30.2 Å². The van der Waals surface area contributed by atoms with Crippen LogP contribution in [0.2, 0.25) is 0 Å². The summed E-state index contributed by atoms with van der Waals surface area (Å²) in [6, 6.07) is 3.44. The second-order valence-electron chi connectivity index (χ2n) is 5.30. The molecule has 7 heteroatoms. The Morgan fingerprint density at radius 1 is 1.55 bits per heavy atom. The Balaban J connectivity index is 1.96. The van der Waals surface area contributed by atoms with Gasteiger partial charge < -0.3 is 4.90 Å². The lowest BCUT2D eigenvalue weighted by Crippen LogP contribution is -2.44. The average Bonchev–Trinajstić information content (AvgIpc) is 3.06. The monoisotopic (exact) mass is 316 g/mol. The lowest BCUT2D eigenvalue weighted by molar-refractivity contribution is -0.131. The second kappa shape index (κ2) is 6.24. The van der Waals surface area contributed by atoms with Gasteiger partial charge in [0, 0.05) is 12.6 Å². The number of nitrogens with zero attached hydrogens (tertiary/aromatic N) is 1. The Morgan fingerprint density at radius 3 is 2.90 bits per heavy atom. The van der Waals surface area contributed by atoms with Crippen LogP contribution in [0.15, 0.2) is 21.7 Å². The van der Waals surface area contributed by atoms with Gasteiger partial charge in [-0.25, -0.2) is 13.1 Å². The van der Waals surface area contributed by atoms with Crippen molar-refractivity contribution >= 4 is 27.3 Å². The van der Waals surface area contributed by atoms with Crippen molar-refractivity contribution in [2.75, 3.05) is 13.1 Å². The number of carbonyl (C=O) groups is 1. The molecule has 2 rings (SSSR count). The van der Waals surface area contributed by atoms with E-state index in [0.29, 0.717) is 5.92 Å². The molecule has 1 N–H and O–H groups in total. The molecular formula is C13H20N2O3S2. The first kappa shape index (κ1) is 15.5. The molecule has 1 amide bonds. The summed E-state index contributed by atoms with van der Waals surface area (Å²) in [5, 5.41) is 1.70. The third-order valence-electron chi connectivity index (χ3n) is 3.56. The molecule has 1 aromatic heterocycles. The quantitative estimate of drug-likeness (QED) is 0.898. The fourth-order valence-electron chi connectivity index (χ4n) is 2.54. The van der Waals surface area contributed by atoms with E-state index in [1.165, 1.54) is 6.07 Å². The summed E-state index contributed by atoms with van der Waals surface area (Å²) in [6.45, 7) is 4.74. The molecule has 0 aliphatic carbocycles. The Labute approximate surface area is 124 Å². The second-order valence-corrected chi connectivity index (χ2v) is 8.24. The maximum absolute atomic E-state index is 12.2. The molecule has 1 saturated heterocycles. The summed E-state index contributed by atoms with van der Waals surface area (Å²) < 4.78 is 26.5. The summed E-state index contributed by atoms with van der Waals surface area (Å²) in [5.74, 6) is 0.261. The Morgan fingerprint density at radius 2 is 2.30 bits per heavy atom. The molecule has 1 atom stereocenters. The van der Waals surface area contributed by atoms with Gasteiger partial charge in [0.2, 0.25) is 5.91 Å². The molecule has 1 aliphatic rings. The van der Waals surface area contributed by atoms with Crippen molar-refractivity contribution in [3.8, 4) is 0 Å². The zero-order valence-corrected chi connectivity index (χ0v) is 13.3. The number of thiophene rings is 1. The lowest BCUT2D eigenvalue weighted by Gasteiger charge is -2.27. The van der Waals surface area contributed by atoms with Crippen molar-refractivity contribution in [1.82, 2.24) is 9.62 Å². The maximum atomic E-state index is 12.2. The SMILES string of the molecule is CC(C)[C@H]1CCCN1C(=O)CNS(=O)(=O)c1cccs1. The van der Waals surface area contributed by atoms with Gasteiger partial charge in [-0.2, -0.15) is 0 Å². The summed E-state index contributed by atoms with van der Waals surface area (Å²) >= 11 is 1.14. The number of sulfonamides is 1. The van der Waals surface area contributed by atoms with E-state index in [4.69, 9.17) is 0 Å². The van der Waals surface area contributed by atoms with Crippen LogP contribution < -0.4 is 4.72 Å². The predicted molar refractivity (Wildman–Crippen MR) is 79.1 cm³/mol. The highest BCUT2D eigenvalue weighted by molar-refractivity contribution is 7.91. The molecule has 5 nitrogen and oxygen atoms in total. The van der Waals surface area contributed by atoms with E-state index in [0.717, 1.165) is 30.7 Å². The number of hydrogen-bond acceptors (Lipinski definition) is 4.